The van der Waals surface area contributed by atoms with Crippen LogP contribution in [-0.4, -0.2) is 56.5 Å². The number of thiophene rings is 1. The van der Waals surface area contributed by atoms with Crippen LogP contribution in [0.2, 0.25) is 0 Å². The molecule has 2 heterocycles. The lowest BCUT2D eigenvalue weighted by Crippen LogP contribution is -2.38. The Kier molecular flexibility index (Phi) is 5.87. The van der Waals surface area contributed by atoms with E-state index in [9.17, 15) is 14.7 Å². The topological polar surface area (TPSA) is 88.1 Å². The summed E-state index contributed by atoms with van der Waals surface area (Å²) >= 11 is 1.33. The Labute approximate surface area is 155 Å². The number of nitrogens with zero attached hydrogens (tertiary/aromatic N) is 1. The van der Waals surface area contributed by atoms with Gasteiger partial charge in [-0.2, -0.15) is 0 Å². The van der Waals surface area contributed by atoms with E-state index in [0.29, 0.717) is 42.6 Å². The second kappa shape index (κ2) is 8.31. The Morgan fingerprint density at radius 1 is 1.35 bits per heavy atom. The highest BCUT2D eigenvalue weighted by molar-refractivity contribution is 7.12. The summed E-state index contributed by atoms with van der Waals surface area (Å²) in [5.74, 6) is -1.31. The zero-order valence-electron chi connectivity index (χ0n) is 14.3. The average molecular weight is 376 g/mol. The Morgan fingerprint density at radius 3 is 2.85 bits per heavy atom. The van der Waals surface area contributed by atoms with Crippen molar-refractivity contribution in [2.45, 2.75) is 6.10 Å². The number of carboxylic acids is 1. The van der Waals surface area contributed by atoms with Gasteiger partial charge in [-0.25, -0.2) is 4.79 Å². The highest BCUT2D eigenvalue weighted by Gasteiger charge is 2.20. The van der Waals surface area contributed by atoms with Crippen molar-refractivity contribution in [2.24, 2.45) is 0 Å². The molecule has 2 aromatic rings. The number of hydrogen-bond acceptors (Lipinski definition) is 6. The second-order valence-electron chi connectivity index (χ2n) is 5.92. The van der Waals surface area contributed by atoms with Crippen LogP contribution in [0.4, 0.5) is 11.4 Å². The molecule has 1 atom stereocenters. The lowest BCUT2D eigenvalue weighted by Gasteiger charge is -2.29. The third kappa shape index (κ3) is 4.40. The van der Waals surface area contributed by atoms with Gasteiger partial charge < -0.3 is 24.8 Å². The van der Waals surface area contributed by atoms with Gasteiger partial charge in [0.15, 0.2) is 0 Å². The summed E-state index contributed by atoms with van der Waals surface area (Å²) < 4.78 is 11.0. The minimum atomic E-state index is -1.06. The van der Waals surface area contributed by atoms with Gasteiger partial charge in [0, 0.05) is 19.3 Å². The van der Waals surface area contributed by atoms with Crippen molar-refractivity contribution in [1.29, 1.82) is 0 Å². The number of amides is 1. The van der Waals surface area contributed by atoms with Crippen LogP contribution in [-0.2, 0) is 9.47 Å². The molecule has 2 N–H and O–H groups in total. The molecule has 1 aliphatic heterocycles. The van der Waals surface area contributed by atoms with Crippen molar-refractivity contribution < 1.29 is 24.2 Å². The molecule has 1 saturated heterocycles. The van der Waals surface area contributed by atoms with Gasteiger partial charge in [-0.15, -0.1) is 11.3 Å². The third-order valence-electron chi connectivity index (χ3n) is 4.00. The summed E-state index contributed by atoms with van der Waals surface area (Å²) in [6.07, 6.45) is -0.103. The minimum Gasteiger partial charge on any atom is -0.478 e. The molecular formula is C18H20N2O5S. The molecule has 8 heteroatoms. The lowest BCUT2D eigenvalue weighted by molar-refractivity contribution is -0.0837. The number of benzene rings is 1. The Hall–Kier alpha value is -2.42. The largest absolute Gasteiger partial charge is 0.478 e. The summed E-state index contributed by atoms with van der Waals surface area (Å²) in [6, 6.07) is 8.36. The van der Waals surface area contributed by atoms with Crippen LogP contribution in [0.1, 0.15) is 20.0 Å². The van der Waals surface area contributed by atoms with Crippen molar-refractivity contribution in [2.75, 3.05) is 43.6 Å². The van der Waals surface area contributed by atoms with E-state index in [0.717, 1.165) is 0 Å². The molecule has 138 valence electrons. The fraction of sp³-hybridized carbons (Fsp3) is 0.333. The Balaban J connectivity index is 1.75. The Bertz CT molecular complexity index is 772. The molecule has 1 fully saturated rings. The molecule has 0 saturated carbocycles. The first-order valence-electron chi connectivity index (χ1n) is 8.17. The number of likely N-dealkylation sites (N-methyl/N-ethyl adjacent to an activating group) is 1. The monoisotopic (exact) mass is 376 g/mol. The van der Waals surface area contributed by atoms with Crippen LogP contribution in [0.15, 0.2) is 35.7 Å². The number of hydrogen-bond donors (Lipinski definition) is 2. The van der Waals surface area contributed by atoms with E-state index in [4.69, 9.17) is 9.47 Å². The molecule has 0 spiro atoms. The zero-order valence-corrected chi connectivity index (χ0v) is 15.1. The predicted octanol–water partition coefficient (Wildman–Crippen LogP) is 2.55. The van der Waals surface area contributed by atoms with Gasteiger partial charge in [-0.1, -0.05) is 6.07 Å². The molecule has 7 nitrogen and oxygen atoms in total. The zero-order chi connectivity index (χ0) is 18.5. The van der Waals surface area contributed by atoms with E-state index < -0.39 is 5.97 Å². The molecule has 0 aliphatic carbocycles. The molecule has 0 bridgehead atoms. The first-order valence-corrected chi connectivity index (χ1v) is 9.05. The maximum atomic E-state index is 12.1. The SMILES string of the molecule is CN(C[C@@H]1COCCO1)c1ccc(NC(=O)c2cccs2)cc1C(=O)O. The smallest absolute Gasteiger partial charge is 0.337 e. The van der Waals surface area contributed by atoms with E-state index in [1.54, 1.807) is 24.3 Å². The molecule has 0 unspecified atom stereocenters. The van der Waals surface area contributed by atoms with Crippen molar-refractivity contribution >= 4 is 34.6 Å². The number of rotatable bonds is 6. The summed E-state index contributed by atoms with van der Waals surface area (Å²) in [4.78, 5) is 26.2. The highest BCUT2D eigenvalue weighted by Crippen LogP contribution is 2.25. The Morgan fingerprint density at radius 2 is 2.19 bits per heavy atom. The van der Waals surface area contributed by atoms with Gasteiger partial charge in [-0.3, -0.25) is 4.79 Å². The predicted molar refractivity (Wildman–Crippen MR) is 99.5 cm³/mol. The van der Waals surface area contributed by atoms with Crippen molar-refractivity contribution in [3.63, 3.8) is 0 Å². The molecule has 1 aromatic heterocycles. The van der Waals surface area contributed by atoms with Crippen LogP contribution in [0.25, 0.3) is 0 Å². The van der Waals surface area contributed by atoms with Crippen LogP contribution >= 0.6 is 11.3 Å². The number of nitrogens with one attached hydrogen (secondary N) is 1. The fourth-order valence-corrected chi connectivity index (χ4v) is 3.38. The number of ether oxygens (including phenoxy) is 2. The summed E-state index contributed by atoms with van der Waals surface area (Å²) in [7, 11) is 1.81. The van der Waals surface area contributed by atoms with Gasteiger partial charge >= 0.3 is 5.97 Å². The molecule has 1 aromatic carbocycles. The normalized spacial score (nSPS) is 16.9. The quantitative estimate of drug-likeness (QED) is 0.806. The number of anilines is 2. The molecule has 0 radical (unpaired) electrons. The second-order valence-corrected chi connectivity index (χ2v) is 6.86. The first kappa shape index (κ1) is 18.4. The summed E-state index contributed by atoms with van der Waals surface area (Å²) in [5, 5.41) is 14.1. The van der Waals surface area contributed by atoms with Crippen molar-refractivity contribution in [3.8, 4) is 0 Å². The van der Waals surface area contributed by atoms with Crippen molar-refractivity contribution in [1.82, 2.24) is 0 Å². The van der Waals surface area contributed by atoms with Gasteiger partial charge in [0.05, 0.1) is 42.1 Å². The standard InChI is InChI=1S/C18H20N2O5S/c1-20(10-13-11-24-6-7-25-13)15-5-4-12(9-14(15)18(22)23)19-17(21)16-3-2-8-26-16/h2-5,8-9,13H,6-7,10-11H2,1H3,(H,19,21)(H,22,23)/t13-/m1/s1. The van der Waals surface area contributed by atoms with Crippen molar-refractivity contribution in [3.05, 3.63) is 46.2 Å². The number of aromatic carboxylic acids is 1. The number of carbonyl (C=O) groups is 2. The molecule has 26 heavy (non-hydrogen) atoms. The van der Waals surface area contributed by atoms with Crippen LogP contribution in [0.3, 0.4) is 0 Å². The molecule has 1 amide bonds. The first-order chi connectivity index (χ1) is 12.5. The number of carboxylic acid groups (broad SMARTS) is 1. The van der Waals surface area contributed by atoms with E-state index in [1.165, 1.54) is 17.4 Å². The van der Waals surface area contributed by atoms with Gasteiger partial charge in [-0.05, 0) is 29.6 Å². The van der Waals surface area contributed by atoms with E-state index in [2.05, 4.69) is 5.32 Å². The van der Waals surface area contributed by atoms with E-state index in [1.807, 2.05) is 17.3 Å². The van der Waals surface area contributed by atoms with Gasteiger partial charge in [0.2, 0.25) is 0 Å². The molecular weight excluding hydrogens is 356 g/mol. The molecule has 3 rings (SSSR count). The minimum absolute atomic E-state index is 0.103. The van der Waals surface area contributed by atoms with Crippen LogP contribution in [0.5, 0.6) is 0 Å². The summed E-state index contributed by atoms with van der Waals surface area (Å²) in [5.41, 5.74) is 1.12. The molecule has 1 aliphatic rings. The van der Waals surface area contributed by atoms with Gasteiger partial charge in [0.25, 0.3) is 5.91 Å². The van der Waals surface area contributed by atoms with E-state index >= 15 is 0 Å². The highest BCUT2D eigenvalue weighted by atomic mass is 32.1. The summed E-state index contributed by atoms with van der Waals surface area (Å²) in [6.45, 7) is 2.13. The lowest BCUT2D eigenvalue weighted by atomic mass is 10.1. The maximum Gasteiger partial charge on any atom is 0.337 e. The van der Waals surface area contributed by atoms with Crippen LogP contribution < -0.4 is 10.2 Å². The average Bonchev–Trinajstić information content (AvgIpc) is 3.17. The number of carbonyl (C=O) groups excluding carboxylic acids is 1. The van der Waals surface area contributed by atoms with E-state index in [-0.39, 0.29) is 17.6 Å². The fourth-order valence-electron chi connectivity index (χ4n) is 2.76. The third-order valence-corrected chi connectivity index (χ3v) is 4.87. The van der Waals surface area contributed by atoms with Crippen LogP contribution in [0, 0.1) is 0 Å². The maximum absolute atomic E-state index is 12.1. The van der Waals surface area contributed by atoms with Gasteiger partial charge in [0.1, 0.15) is 0 Å².